The number of ketones is 3. The lowest BCUT2D eigenvalue weighted by atomic mass is 10.3. The van der Waals surface area contributed by atoms with Crippen molar-refractivity contribution in [2.24, 2.45) is 0 Å². The molecular formula is C19H32N6O14. The third-order valence-corrected chi connectivity index (χ3v) is 3.47. The molecule has 222 valence electrons. The first-order chi connectivity index (χ1) is 17.5. The van der Waals surface area contributed by atoms with E-state index in [0.717, 1.165) is 27.8 Å². The van der Waals surface area contributed by atoms with Crippen molar-refractivity contribution in [1.82, 2.24) is 31.9 Å². The van der Waals surface area contributed by atoms with Gasteiger partial charge in [-0.1, -0.05) is 0 Å². The van der Waals surface area contributed by atoms with Crippen molar-refractivity contribution >= 4 is 46.9 Å². The van der Waals surface area contributed by atoms with E-state index in [2.05, 4.69) is 0 Å². The van der Waals surface area contributed by atoms with Gasteiger partial charge < -0.3 is 30.6 Å². The van der Waals surface area contributed by atoms with Crippen molar-refractivity contribution in [3.63, 3.8) is 0 Å². The molecule has 39 heavy (non-hydrogen) atoms. The van der Waals surface area contributed by atoms with Gasteiger partial charge in [-0.3, -0.25) is 70.3 Å². The van der Waals surface area contributed by atoms with Gasteiger partial charge in [-0.25, -0.2) is 0 Å². The molecule has 0 atom stereocenters. The Labute approximate surface area is 220 Å². The van der Waals surface area contributed by atoms with Gasteiger partial charge >= 0.3 is 18.1 Å². The molecule has 20 heteroatoms. The highest BCUT2D eigenvalue weighted by molar-refractivity contribution is 5.99. The minimum atomic E-state index is -3.18. The molecule has 20 nitrogen and oxygen atoms in total. The van der Waals surface area contributed by atoms with Gasteiger partial charge in [0.25, 0.3) is 0 Å². The van der Waals surface area contributed by atoms with Gasteiger partial charge in [-0.15, -0.1) is 0 Å². The number of Topliss-reactive ketones (excluding diaryl/α,β-unsaturated/α-hetero) is 3. The summed E-state index contributed by atoms with van der Waals surface area (Å²) in [5, 5.41) is 64.7. The van der Waals surface area contributed by atoms with Crippen molar-refractivity contribution in [2.75, 3.05) is 7.05 Å². The van der Waals surface area contributed by atoms with Crippen molar-refractivity contribution in [2.45, 2.75) is 64.6 Å². The second kappa shape index (κ2) is 16.1. The van der Waals surface area contributed by atoms with Crippen LogP contribution in [0.1, 0.15) is 46.5 Å². The SMILES string of the molecule is CC(=O)CC(=O)NC(O)(O)NC(=O)CC(C)=O.CNC(O)(O)NC(=O)CC(=O)NC(O)(O)NC(=O)CC(C)=O. The van der Waals surface area contributed by atoms with Crippen LogP contribution < -0.4 is 31.9 Å². The van der Waals surface area contributed by atoms with Crippen LogP contribution in [-0.4, -0.2) is 103 Å². The molecule has 0 aromatic rings. The highest BCUT2D eigenvalue weighted by atomic mass is 16.6. The standard InChI is InChI=1S/C10H18N4O8.C9H14N2O6/c1-5(15)3-6(16)13-10(21,22)14-8(18)4-7(17)12-9(19,20)11-2;1-5(12)3-7(14)10-9(16,17)11-8(15)4-6(2)13/h11,19-22H,3-4H2,1-2H3,(H,12,17)(H,13,16)(H,14,18);16-17H,3-4H2,1-2H3,(H,10,14)(H,11,15). The van der Waals surface area contributed by atoms with Crippen molar-refractivity contribution in [1.29, 1.82) is 0 Å². The average molecular weight is 568 g/mol. The number of carbonyl (C=O) groups excluding carboxylic acids is 8. The molecule has 0 heterocycles. The lowest BCUT2D eigenvalue weighted by Crippen LogP contribution is -2.62. The minimum Gasteiger partial charge on any atom is -0.336 e. The fraction of sp³-hybridized carbons (Fsp3) is 0.579. The summed E-state index contributed by atoms with van der Waals surface area (Å²) >= 11 is 0. The second-order valence-electron chi connectivity index (χ2n) is 7.82. The van der Waals surface area contributed by atoms with Crippen LogP contribution in [0.4, 0.5) is 0 Å². The third kappa shape index (κ3) is 21.8. The van der Waals surface area contributed by atoms with Gasteiger partial charge in [0.2, 0.25) is 29.5 Å². The van der Waals surface area contributed by atoms with Crippen LogP contribution in [0.5, 0.6) is 0 Å². The maximum absolute atomic E-state index is 11.4. The molecular weight excluding hydrogens is 536 g/mol. The Morgan fingerprint density at radius 3 is 0.846 bits per heavy atom. The van der Waals surface area contributed by atoms with E-state index >= 15 is 0 Å². The predicted octanol–water partition coefficient (Wildman–Crippen LogP) is -7.11. The zero-order chi connectivity index (χ0) is 31.2. The van der Waals surface area contributed by atoms with Crippen LogP contribution in [0.2, 0.25) is 0 Å². The summed E-state index contributed by atoms with van der Waals surface area (Å²) in [5.41, 5.74) is 0. The minimum absolute atomic E-state index is 0.478. The first-order valence-electron chi connectivity index (χ1n) is 10.6. The zero-order valence-electron chi connectivity index (χ0n) is 21.3. The normalized spacial score (nSPS) is 11.1. The van der Waals surface area contributed by atoms with Gasteiger partial charge in [-0.2, -0.15) is 0 Å². The monoisotopic (exact) mass is 568 g/mol. The van der Waals surface area contributed by atoms with E-state index in [9.17, 15) is 48.6 Å². The first-order valence-corrected chi connectivity index (χ1v) is 10.6. The molecule has 0 fully saturated rings. The summed E-state index contributed by atoms with van der Waals surface area (Å²) in [5.74, 6) is -6.92. The van der Waals surface area contributed by atoms with E-state index in [0.29, 0.717) is 0 Å². The molecule has 0 radical (unpaired) electrons. The first kappa shape index (κ1) is 37.2. The molecule has 0 aromatic carbocycles. The smallest absolute Gasteiger partial charge is 0.336 e. The topological polar surface area (TPSA) is 330 Å². The molecule has 0 unspecified atom stereocenters. The molecule has 0 saturated carbocycles. The number of hydrogen-bond donors (Lipinski definition) is 12. The van der Waals surface area contributed by atoms with Crippen LogP contribution in [0.25, 0.3) is 0 Å². The number of aliphatic hydroxyl groups is 6. The molecule has 0 aliphatic rings. The summed E-state index contributed by atoms with van der Waals surface area (Å²) in [4.78, 5) is 87.5. The van der Waals surface area contributed by atoms with Crippen molar-refractivity contribution < 1.29 is 69.0 Å². The fourth-order valence-electron chi connectivity index (χ4n) is 2.14. The Balaban J connectivity index is 0. The average Bonchev–Trinajstić information content (AvgIpc) is 2.63. The lowest BCUT2D eigenvalue weighted by Gasteiger charge is -2.24. The molecule has 12 N–H and O–H groups in total. The quantitative estimate of drug-likeness (QED) is 0.0684. The Kier molecular flexibility index (Phi) is 15.4. The van der Waals surface area contributed by atoms with Crippen LogP contribution in [0.15, 0.2) is 0 Å². The van der Waals surface area contributed by atoms with E-state index in [1.165, 1.54) is 10.6 Å². The molecule has 0 saturated heterocycles. The molecule has 0 bridgehead atoms. The van der Waals surface area contributed by atoms with Gasteiger partial charge in [0.15, 0.2) is 0 Å². The number of amides is 5. The number of carbonyl (C=O) groups is 8. The number of rotatable bonds is 14. The highest BCUT2D eigenvalue weighted by Gasteiger charge is 2.31. The number of hydrogen-bond acceptors (Lipinski definition) is 15. The predicted molar refractivity (Wildman–Crippen MR) is 122 cm³/mol. The summed E-state index contributed by atoms with van der Waals surface area (Å²) in [6.45, 7) is 3.38. The van der Waals surface area contributed by atoms with E-state index < -0.39 is 90.7 Å². The Hall–Kier alpha value is -3.92. The molecule has 0 aromatic heterocycles. The van der Waals surface area contributed by atoms with Crippen LogP contribution in [-0.2, 0) is 38.4 Å². The van der Waals surface area contributed by atoms with Gasteiger partial charge in [-0.05, 0) is 27.8 Å². The van der Waals surface area contributed by atoms with E-state index in [1.807, 2.05) is 5.32 Å². The van der Waals surface area contributed by atoms with Crippen LogP contribution >= 0.6 is 0 Å². The van der Waals surface area contributed by atoms with Gasteiger partial charge in [0, 0.05) is 0 Å². The summed E-state index contributed by atoms with van der Waals surface area (Å²) in [6, 6.07) is -8.91. The van der Waals surface area contributed by atoms with E-state index in [1.54, 1.807) is 16.0 Å². The molecule has 0 spiro atoms. The molecule has 0 aliphatic heterocycles. The lowest BCUT2D eigenvalue weighted by molar-refractivity contribution is -0.213. The van der Waals surface area contributed by atoms with Gasteiger partial charge in [0.05, 0.1) is 19.3 Å². The largest absolute Gasteiger partial charge is 0.337 e. The Morgan fingerprint density at radius 2 is 0.641 bits per heavy atom. The summed E-state index contributed by atoms with van der Waals surface area (Å²) < 4.78 is 0. The Morgan fingerprint density at radius 1 is 0.436 bits per heavy atom. The second-order valence-corrected chi connectivity index (χ2v) is 7.82. The van der Waals surface area contributed by atoms with Crippen LogP contribution in [0, 0.1) is 0 Å². The Bertz CT molecular complexity index is 930. The van der Waals surface area contributed by atoms with E-state index in [4.69, 9.17) is 20.4 Å². The maximum atomic E-state index is 11.4. The van der Waals surface area contributed by atoms with Crippen molar-refractivity contribution in [3.05, 3.63) is 0 Å². The maximum Gasteiger partial charge on any atom is 0.337 e. The van der Waals surface area contributed by atoms with Gasteiger partial charge in [0.1, 0.15) is 23.8 Å². The van der Waals surface area contributed by atoms with E-state index in [-0.39, 0.29) is 0 Å². The van der Waals surface area contributed by atoms with Crippen molar-refractivity contribution in [3.8, 4) is 0 Å². The molecule has 0 aliphatic carbocycles. The number of nitrogens with one attached hydrogen (secondary N) is 6. The molecule has 5 amide bonds. The summed E-state index contributed by atoms with van der Waals surface area (Å²) in [6.07, 6.45) is -2.74. The molecule has 0 rings (SSSR count). The van der Waals surface area contributed by atoms with Crippen LogP contribution in [0.3, 0.4) is 0 Å². The third-order valence-electron chi connectivity index (χ3n) is 3.47. The zero-order valence-corrected chi connectivity index (χ0v) is 21.3. The summed E-state index contributed by atoms with van der Waals surface area (Å²) in [7, 11) is 1.11. The highest BCUT2D eigenvalue weighted by Crippen LogP contribution is 1.95. The fourth-order valence-corrected chi connectivity index (χ4v) is 2.14.